The number of nitriles is 1. The maximum atomic E-state index is 10.6. The van der Waals surface area contributed by atoms with E-state index in [-0.39, 0.29) is 5.69 Å². The standard InChI is InChI=1S/C12H15N5O2S/c1-14-12(16-9-13)15-5-6-20-8-10-3-2-4-11(7-10)17(18)19/h2-4,7H,5-6,8H2,1H3,(H2,14,15,16). The summed E-state index contributed by atoms with van der Waals surface area (Å²) < 4.78 is 0. The van der Waals surface area contributed by atoms with Crippen molar-refractivity contribution in [2.45, 2.75) is 5.75 Å². The van der Waals surface area contributed by atoms with Crippen LogP contribution in [0.2, 0.25) is 0 Å². The molecule has 0 aromatic heterocycles. The van der Waals surface area contributed by atoms with E-state index in [9.17, 15) is 10.1 Å². The molecule has 0 aliphatic carbocycles. The van der Waals surface area contributed by atoms with Gasteiger partial charge < -0.3 is 5.32 Å². The molecule has 0 atom stereocenters. The Morgan fingerprint density at radius 3 is 3.05 bits per heavy atom. The lowest BCUT2D eigenvalue weighted by atomic mass is 10.2. The van der Waals surface area contributed by atoms with Crippen LogP contribution in [-0.2, 0) is 5.75 Å². The van der Waals surface area contributed by atoms with Crippen molar-refractivity contribution in [3.63, 3.8) is 0 Å². The predicted molar refractivity (Wildman–Crippen MR) is 79.4 cm³/mol. The van der Waals surface area contributed by atoms with E-state index in [4.69, 9.17) is 5.26 Å². The maximum Gasteiger partial charge on any atom is 0.269 e. The second kappa shape index (κ2) is 8.77. The summed E-state index contributed by atoms with van der Waals surface area (Å²) >= 11 is 1.65. The first-order valence-electron chi connectivity index (χ1n) is 5.84. The molecule has 2 N–H and O–H groups in total. The third-order valence-corrected chi connectivity index (χ3v) is 3.36. The molecule has 0 aliphatic rings. The van der Waals surface area contributed by atoms with E-state index in [1.807, 2.05) is 6.07 Å². The van der Waals surface area contributed by atoms with Crippen LogP contribution in [0.25, 0.3) is 0 Å². The van der Waals surface area contributed by atoms with Crippen molar-refractivity contribution >= 4 is 23.4 Å². The fourth-order valence-corrected chi connectivity index (χ4v) is 2.23. The monoisotopic (exact) mass is 293 g/mol. The number of guanidine groups is 1. The van der Waals surface area contributed by atoms with Gasteiger partial charge in [-0.25, -0.2) is 0 Å². The van der Waals surface area contributed by atoms with Crippen molar-refractivity contribution in [1.29, 1.82) is 5.26 Å². The molecule has 0 heterocycles. The van der Waals surface area contributed by atoms with Crippen LogP contribution < -0.4 is 10.6 Å². The number of rotatable bonds is 6. The van der Waals surface area contributed by atoms with Crippen molar-refractivity contribution in [3.8, 4) is 6.19 Å². The molecular weight excluding hydrogens is 278 g/mol. The third-order valence-electron chi connectivity index (χ3n) is 2.33. The minimum Gasteiger partial charge on any atom is -0.355 e. The van der Waals surface area contributed by atoms with Gasteiger partial charge in [-0.2, -0.15) is 17.0 Å². The molecule has 1 aromatic carbocycles. The minimum absolute atomic E-state index is 0.111. The first kappa shape index (κ1) is 15.8. The molecule has 0 bridgehead atoms. The summed E-state index contributed by atoms with van der Waals surface area (Å²) in [6, 6.07) is 6.61. The number of aliphatic imine (C=N–C) groups is 1. The summed E-state index contributed by atoms with van der Waals surface area (Å²) in [5.74, 6) is 1.94. The van der Waals surface area contributed by atoms with E-state index >= 15 is 0 Å². The van der Waals surface area contributed by atoms with Gasteiger partial charge in [-0.3, -0.25) is 20.4 Å². The molecule has 106 valence electrons. The maximum absolute atomic E-state index is 10.6. The van der Waals surface area contributed by atoms with Gasteiger partial charge in [0.05, 0.1) is 4.92 Å². The summed E-state index contributed by atoms with van der Waals surface area (Å²) in [6.45, 7) is 0.654. The second-order valence-corrected chi connectivity index (χ2v) is 4.82. The minimum atomic E-state index is -0.396. The zero-order valence-electron chi connectivity index (χ0n) is 11.0. The van der Waals surface area contributed by atoms with Crippen molar-refractivity contribution in [1.82, 2.24) is 10.6 Å². The second-order valence-electron chi connectivity index (χ2n) is 3.72. The van der Waals surface area contributed by atoms with Crippen LogP contribution in [0.4, 0.5) is 5.69 Å². The quantitative estimate of drug-likeness (QED) is 0.157. The molecule has 0 spiro atoms. The topological polar surface area (TPSA) is 103 Å². The van der Waals surface area contributed by atoms with Crippen LogP contribution in [-0.4, -0.2) is 30.2 Å². The van der Waals surface area contributed by atoms with Gasteiger partial charge in [0, 0.05) is 37.2 Å². The van der Waals surface area contributed by atoms with Crippen LogP contribution in [0.1, 0.15) is 5.56 Å². The average Bonchev–Trinajstić information content (AvgIpc) is 2.46. The molecule has 7 nitrogen and oxygen atoms in total. The van der Waals surface area contributed by atoms with Crippen LogP contribution in [0.3, 0.4) is 0 Å². The van der Waals surface area contributed by atoms with Crippen LogP contribution >= 0.6 is 11.8 Å². The Hall–Kier alpha value is -2.27. The normalized spacial score (nSPS) is 10.7. The Kier molecular flexibility index (Phi) is 6.92. The number of benzene rings is 1. The average molecular weight is 293 g/mol. The molecule has 1 rings (SSSR count). The lowest BCUT2D eigenvalue weighted by Gasteiger charge is -2.06. The molecule has 0 radical (unpaired) electrons. The molecular formula is C12H15N5O2S. The van der Waals surface area contributed by atoms with Gasteiger partial charge >= 0.3 is 0 Å². The van der Waals surface area contributed by atoms with E-state index in [0.717, 1.165) is 11.3 Å². The van der Waals surface area contributed by atoms with Gasteiger partial charge in [-0.05, 0) is 5.56 Å². The molecule has 0 saturated heterocycles. The summed E-state index contributed by atoms with van der Waals surface area (Å²) in [5, 5.41) is 24.5. The van der Waals surface area contributed by atoms with Crippen molar-refractivity contribution in [2.75, 3.05) is 19.3 Å². The summed E-state index contributed by atoms with van der Waals surface area (Å²) in [7, 11) is 1.59. The molecule has 8 heteroatoms. The van der Waals surface area contributed by atoms with Gasteiger partial charge in [0.25, 0.3) is 5.69 Å². The van der Waals surface area contributed by atoms with E-state index in [1.165, 1.54) is 6.07 Å². The van der Waals surface area contributed by atoms with Crippen molar-refractivity contribution in [2.24, 2.45) is 4.99 Å². The van der Waals surface area contributed by atoms with Gasteiger partial charge in [0.1, 0.15) is 0 Å². The largest absolute Gasteiger partial charge is 0.355 e. The van der Waals surface area contributed by atoms with Crippen LogP contribution in [0, 0.1) is 21.6 Å². The Labute approximate surface area is 121 Å². The third kappa shape index (κ3) is 5.58. The van der Waals surface area contributed by atoms with Gasteiger partial charge in [0.2, 0.25) is 5.96 Å². The lowest BCUT2D eigenvalue weighted by molar-refractivity contribution is -0.384. The number of nitro benzene ring substituents is 1. The zero-order valence-corrected chi connectivity index (χ0v) is 11.8. The fourth-order valence-electron chi connectivity index (χ4n) is 1.42. The molecule has 0 aliphatic heterocycles. The van der Waals surface area contributed by atoms with Crippen LogP contribution in [0.5, 0.6) is 0 Å². The first-order valence-corrected chi connectivity index (χ1v) is 6.99. The summed E-state index contributed by atoms with van der Waals surface area (Å²) in [5.41, 5.74) is 1.03. The van der Waals surface area contributed by atoms with E-state index in [0.29, 0.717) is 18.3 Å². The fraction of sp³-hybridized carbons (Fsp3) is 0.333. The van der Waals surface area contributed by atoms with Gasteiger partial charge in [-0.15, -0.1) is 0 Å². The molecule has 1 aromatic rings. The van der Waals surface area contributed by atoms with Crippen molar-refractivity contribution in [3.05, 3.63) is 39.9 Å². The molecule has 0 fully saturated rings. The molecule has 20 heavy (non-hydrogen) atoms. The molecule has 0 unspecified atom stereocenters. The highest BCUT2D eigenvalue weighted by Crippen LogP contribution is 2.17. The zero-order chi connectivity index (χ0) is 14.8. The number of hydrogen-bond acceptors (Lipinski definition) is 5. The number of nitro groups is 1. The highest BCUT2D eigenvalue weighted by Gasteiger charge is 2.05. The lowest BCUT2D eigenvalue weighted by Crippen LogP contribution is -2.35. The van der Waals surface area contributed by atoms with E-state index < -0.39 is 4.92 Å². The highest BCUT2D eigenvalue weighted by molar-refractivity contribution is 7.98. The Balaban J connectivity index is 2.30. The highest BCUT2D eigenvalue weighted by atomic mass is 32.2. The Morgan fingerprint density at radius 2 is 2.40 bits per heavy atom. The SMILES string of the molecule is CN=C(NC#N)NCCSCc1cccc([N+](=O)[O-])c1. The Bertz CT molecular complexity index is 527. The number of nitrogens with one attached hydrogen (secondary N) is 2. The molecule has 0 saturated carbocycles. The summed E-state index contributed by atoms with van der Waals surface area (Å²) in [6.07, 6.45) is 1.79. The van der Waals surface area contributed by atoms with Crippen LogP contribution in [0.15, 0.2) is 29.3 Å². The Morgan fingerprint density at radius 1 is 1.60 bits per heavy atom. The molecule has 0 amide bonds. The first-order chi connectivity index (χ1) is 9.67. The predicted octanol–water partition coefficient (Wildman–Crippen LogP) is 1.47. The number of nitrogens with zero attached hydrogens (tertiary/aromatic N) is 3. The number of thioether (sulfide) groups is 1. The summed E-state index contributed by atoms with van der Waals surface area (Å²) in [4.78, 5) is 14.1. The number of hydrogen-bond donors (Lipinski definition) is 2. The van der Waals surface area contributed by atoms with E-state index in [2.05, 4.69) is 15.6 Å². The van der Waals surface area contributed by atoms with Crippen molar-refractivity contribution < 1.29 is 4.92 Å². The number of non-ortho nitro benzene ring substituents is 1. The smallest absolute Gasteiger partial charge is 0.269 e. The van der Waals surface area contributed by atoms with Gasteiger partial charge in [-0.1, -0.05) is 12.1 Å². The van der Waals surface area contributed by atoms with Gasteiger partial charge in [0.15, 0.2) is 6.19 Å². The van der Waals surface area contributed by atoms with E-state index in [1.54, 1.807) is 37.1 Å².